The number of anilines is 1. The van der Waals surface area contributed by atoms with Gasteiger partial charge in [0.25, 0.3) is 0 Å². The lowest BCUT2D eigenvalue weighted by Crippen LogP contribution is -2.41. The molecule has 29 heavy (non-hydrogen) atoms. The minimum atomic E-state index is 0.241. The second kappa shape index (κ2) is 10.2. The van der Waals surface area contributed by atoms with Crippen LogP contribution in [0.5, 0.6) is 0 Å². The molecule has 1 aliphatic heterocycles. The van der Waals surface area contributed by atoms with Crippen LogP contribution >= 0.6 is 0 Å². The summed E-state index contributed by atoms with van der Waals surface area (Å²) in [5.74, 6) is 1.81. The number of aromatic nitrogens is 3. The molecule has 1 saturated heterocycles. The van der Waals surface area contributed by atoms with Crippen molar-refractivity contribution in [2.45, 2.75) is 46.4 Å². The molecule has 8 nitrogen and oxygen atoms in total. The van der Waals surface area contributed by atoms with Gasteiger partial charge in [-0.2, -0.15) is 5.10 Å². The summed E-state index contributed by atoms with van der Waals surface area (Å²) in [4.78, 5) is 11.1. The Bertz CT molecular complexity index is 817. The van der Waals surface area contributed by atoms with Crippen molar-refractivity contribution >= 4 is 11.8 Å². The van der Waals surface area contributed by atoms with Crippen molar-refractivity contribution < 1.29 is 4.74 Å². The lowest BCUT2D eigenvalue weighted by Gasteiger charge is -2.32. The average Bonchev–Trinajstić information content (AvgIpc) is 3.04. The van der Waals surface area contributed by atoms with E-state index in [2.05, 4.69) is 61.3 Å². The molecule has 3 rings (SSSR count). The Hall–Kier alpha value is -2.61. The summed E-state index contributed by atoms with van der Waals surface area (Å²) in [6.45, 7) is 11.2. The maximum Gasteiger partial charge on any atom is 0.191 e. The molecular weight excluding hydrogens is 366 g/mol. The van der Waals surface area contributed by atoms with E-state index in [0.717, 1.165) is 56.7 Å². The van der Waals surface area contributed by atoms with E-state index < -0.39 is 0 Å². The Morgan fingerprint density at radius 2 is 2.17 bits per heavy atom. The fraction of sp³-hybridized carbons (Fsp3) is 0.571. The van der Waals surface area contributed by atoms with E-state index in [9.17, 15) is 0 Å². The van der Waals surface area contributed by atoms with E-state index in [1.54, 1.807) is 7.05 Å². The number of aryl methyl sites for hydroxylation is 3. The molecule has 3 heterocycles. The van der Waals surface area contributed by atoms with Gasteiger partial charge in [-0.05, 0) is 51.0 Å². The van der Waals surface area contributed by atoms with Gasteiger partial charge in [-0.1, -0.05) is 0 Å². The number of morpholine rings is 1. The van der Waals surface area contributed by atoms with Crippen LogP contribution in [0.2, 0.25) is 0 Å². The third kappa shape index (κ3) is 6.19. The number of ether oxygens (including phenoxy) is 1. The van der Waals surface area contributed by atoms with Crippen molar-refractivity contribution in [3.8, 4) is 0 Å². The minimum Gasteiger partial charge on any atom is -0.375 e. The summed E-state index contributed by atoms with van der Waals surface area (Å²) < 4.78 is 7.68. The van der Waals surface area contributed by atoms with Crippen LogP contribution in [0.3, 0.4) is 0 Å². The number of hydrogen-bond donors (Lipinski definition) is 2. The number of nitrogens with one attached hydrogen (secondary N) is 2. The second-order valence-corrected chi connectivity index (χ2v) is 7.51. The molecule has 0 spiro atoms. The molecule has 0 amide bonds. The van der Waals surface area contributed by atoms with Gasteiger partial charge in [0.1, 0.15) is 5.82 Å². The van der Waals surface area contributed by atoms with Crippen LogP contribution < -0.4 is 15.5 Å². The molecular formula is C21H33N7O. The molecule has 2 N–H and O–H groups in total. The number of guanidine groups is 1. The van der Waals surface area contributed by atoms with Gasteiger partial charge < -0.3 is 20.3 Å². The SMILES string of the molecule is CN=C(NCCCn1nc(C)cc1C)NCc1ccnc(N2CCOC(C)C2)c1. The molecule has 0 bridgehead atoms. The van der Waals surface area contributed by atoms with Crippen molar-refractivity contribution in [3.63, 3.8) is 0 Å². The number of rotatable bonds is 7. The molecule has 0 saturated carbocycles. The Kier molecular flexibility index (Phi) is 7.46. The van der Waals surface area contributed by atoms with Gasteiger partial charge in [0.15, 0.2) is 5.96 Å². The van der Waals surface area contributed by atoms with Crippen LogP contribution in [-0.2, 0) is 17.8 Å². The number of hydrogen-bond acceptors (Lipinski definition) is 5. The highest BCUT2D eigenvalue weighted by molar-refractivity contribution is 5.79. The standard InChI is InChI=1S/C21H33N7O/c1-16-12-17(2)28(26-16)9-5-7-24-21(22-4)25-14-19-6-8-23-20(13-19)27-10-11-29-18(3)15-27/h6,8,12-13,18H,5,7,9-11,14-15H2,1-4H3,(H2,22,24,25). The number of pyridine rings is 1. The molecule has 2 aromatic rings. The number of aliphatic imine (C=N–C) groups is 1. The molecule has 1 aliphatic rings. The van der Waals surface area contributed by atoms with E-state index in [1.165, 1.54) is 11.3 Å². The van der Waals surface area contributed by atoms with Crippen LogP contribution in [-0.4, -0.2) is 60.1 Å². The zero-order valence-electron chi connectivity index (χ0n) is 18.0. The molecule has 2 aromatic heterocycles. The minimum absolute atomic E-state index is 0.241. The molecule has 1 fully saturated rings. The van der Waals surface area contributed by atoms with Crippen LogP contribution in [0, 0.1) is 13.8 Å². The molecule has 0 radical (unpaired) electrons. The topological polar surface area (TPSA) is 79.6 Å². The van der Waals surface area contributed by atoms with Crippen molar-refractivity contribution in [2.75, 3.05) is 38.2 Å². The van der Waals surface area contributed by atoms with E-state index in [1.807, 2.05) is 19.2 Å². The van der Waals surface area contributed by atoms with Crippen LogP contribution in [0.1, 0.15) is 30.3 Å². The molecule has 0 aromatic carbocycles. The fourth-order valence-corrected chi connectivity index (χ4v) is 3.51. The highest BCUT2D eigenvalue weighted by atomic mass is 16.5. The normalized spacial score (nSPS) is 17.4. The largest absolute Gasteiger partial charge is 0.375 e. The summed E-state index contributed by atoms with van der Waals surface area (Å²) in [6, 6.07) is 6.28. The molecule has 0 aliphatic carbocycles. The lowest BCUT2D eigenvalue weighted by atomic mass is 10.2. The monoisotopic (exact) mass is 399 g/mol. The van der Waals surface area contributed by atoms with E-state index in [0.29, 0.717) is 6.54 Å². The van der Waals surface area contributed by atoms with Gasteiger partial charge in [-0.15, -0.1) is 0 Å². The highest BCUT2D eigenvalue weighted by Gasteiger charge is 2.18. The second-order valence-electron chi connectivity index (χ2n) is 7.51. The maximum absolute atomic E-state index is 5.62. The Morgan fingerprint density at radius 3 is 2.90 bits per heavy atom. The quantitative estimate of drug-likeness (QED) is 0.420. The number of nitrogens with zero attached hydrogens (tertiary/aromatic N) is 5. The first-order valence-electron chi connectivity index (χ1n) is 10.3. The van der Waals surface area contributed by atoms with Crippen molar-refractivity contribution in [2.24, 2.45) is 4.99 Å². The molecule has 1 unspecified atom stereocenters. The van der Waals surface area contributed by atoms with Gasteiger partial charge in [-0.3, -0.25) is 9.67 Å². The third-order valence-electron chi connectivity index (χ3n) is 5.00. The van der Waals surface area contributed by atoms with E-state index >= 15 is 0 Å². The zero-order valence-corrected chi connectivity index (χ0v) is 18.0. The molecule has 1 atom stereocenters. The van der Waals surface area contributed by atoms with Gasteiger partial charge in [0, 0.05) is 51.7 Å². The van der Waals surface area contributed by atoms with Crippen LogP contribution in [0.25, 0.3) is 0 Å². The Balaban J connectivity index is 1.44. The van der Waals surface area contributed by atoms with Gasteiger partial charge in [0.05, 0.1) is 18.4 Å². The Morgan fingerprint density at radius 1 is 1.31 bits per heavy atom. The smallest absolute Gasteiger partial charge is 0.191 e. The maximum atomic E-state index is 5.62. The molecule has 8 heteroatoms. The third-order valence-corrected chi connectivity index (χ3v) is 5.00. The van der Waals surface area contributed by atoms with Crippen LogP contribution in [0.4, 0.5) is 5.82 Å². The van der Waals surface area contributed by atoms with Crippen molar-refractivity contribution in [1.29, 1.82) is 0 Å². The first-order chi connectivity index (χ1) is 14.0. The van der Waals surface area contributed by atoms with Gasteiger partial charge >= 0.3 is 0 Å². The highest BCUT2D eigenvalue weighted by Crippen LogP contribution is 2.16. The Labute approximate surface area is 173 Å². The van der Waals surface area contributed by atoms with E-state index in [-0.39, 0.29) is 6.10 Å². The summed E-state index contributed by atoms with van der Waals surface area (Å²) in [6.07, 6.45) is 3.10. The summed E-state index contributed by atoms with van der Waals surface area (Å²) in [5, 5.41) is 11.3. The summed E-state index contributed by atoms with van der Waals surface area (Å²) >= 11 is 0. The van der Waals surface area contributed by atoms with Crippen LogP contribution in [0.15, 0.2) is 29.4 Å². The predicted molar refractivity (Wildman–Crippen MR) is 116 cm³/mol. The van der Waals surface area contributed by atoms with E-state index in [4.69, 9.17) is 4.74 Å². The fourth-order valence-electron chi connectivity index (χ4n) is 3.51. The predicted octanol–water partition coefficient (Wildman–Crippen LogP) is 1.88. The summed E-state index contributed by atoms with van der Waals surface area (Å²) in [7, 11) is 1.80. The zero-order chi connectivity index (χ0) is 20.6. The van der Waals surface area contributed by atoms with Crippen molar-refractivity contribution in [3.05, 3.63) is 41.3 Å². The lowest BCUT2D eigenvalue weighted by molar-refractivity contribution is 0.0529. The van der Waals surface area contributed by atoms with Gasteiger partial charge in [0.2, 0.25) is 0 Å². The average molecular weight is 400 g/mol. The first kappa shape index (κ1) is 21.1. The first-order valence-corrected chi connectivity index (χ1v) is 10.3. The van der Waals surface area contributed by atoms with Gasteiger partial charge in [-0.25, -0.2) is 4.98 Å². The molecule has 158 valence electrons. The summed E-state index contributed by atoms with van der Waals surface area (Å²) in [5.41, 5.74) is 3.45. The van der Waals surface area contributed by atoms with Crippen molar-refractivity contribution in [1.82, 2.24) is 25.4 Å².